The van der Waals surface area contributed by atoms with Crippen LogP contribution < -0.4 is 9.47 Å². The van der Waals surface area contributed by atoms with Crippen LogP contribution in [0.2, 0.25) is 0 Å². The Morgan fingerprint density at radius 3 is 2.88 bits per heavy atom. The van der Waals surface area contributed by atoms with Crippen LogP contribution in [0.1, 0.15) is 40.5 Å². The number of rotatable bonds is 6. The second-order valence-electron chi connectivity index (χ2n) is 8.09. The van der Waals surface area contributed by atoms with E-state index in [1.54, 1.807) is 35.1 Å². The maximum absolute atomic E-state index is 13.2. The molecule has 4 aromatic rings. The molecular formula is C23H20N6O4. The largest absolute Gasteiger partial charge is 0.454 e. The Morgan fingerprint density at radius 1 is 1.18 bits per heavy atom. The van der Waals surface area contributed by atoms with Crippen LogP contribution in [0.5, 0.6) is 11.5 Å². The van der Waals surface area contributed by atoms with Crippen molar-refractivity contribution in [1.82, 2.24) is 29.8 Å². The molecule has 4 heterocycles. The molecule has 10 nitrogen and oxygen atoms in total. The van der Waals surface area contributed by atoms with Crippen LogP contribution in [-0.4, -0.2) is 49.6 Å². The first-order valence-electron chi connectivity index (χ1n) is 10.6. The van der Waals surface area contributed by atoms with Gasteiger partial charge in [0, 0.05) is 30.8 Å². The maximum Gasteiger partial charge on any atom is 0.257 e. The molecule has 3 aromatic heterocycles. The Hall–Kier alpha value is -4.21. The van der Waals surface area contributed by atoms with E-state index in [-0.39, 0.29) is 18.6 Å². The zero-order valence-electron chi connectivity index (χ0n) is 17.8. The molecular weight excluding hydrogens is 424 g/mol. The summed E-state index contributed by atoms with van der Waals surface area (Å²) in [5.74, 6) is 1.95. The van der Waals surface area contributed by atoms with Crippen LogP contribution >= 0.6 is 0 Å². The number of hydrogen-bond acceptors (Lipinski definition) is 8. The molecule has 0 bridgehead atoms. The van der Waals surface area contributed by atoms with Gasteiger partial charge in [0.1, 0.15) is 12.0 Å². The summed E-state index contributed by atoms with van der Waals surface area (Å²) in [4.78, 5) is 24.0. The Bertz CT molecular complexity index is 1330. The van der Waals surface area contributed by atoms with Crippen molar-refractivity contribution in [2.24, 2.45) is 0 Å². The number of carbonyl (C=O) groups is 1. The van der Waals surface area contributed by atoms with Crippen LogP contribution in [0.15, 0.2) is 53.5 Å². The lowest BCUT2D eigenvalue weighted by Gasteiger charge is -2.16. The topological polar surface area (TPSA) is 108 Å². The van der Waals surface area contributed by atoms with Gasteiger partial charge in [-0.05, 0) is 37.1 Å². The van der Waals surface area contributed by atoms with Gasteiger partial charge < -0.3 is 18.9 Å². The minimum absolute atomic E-state index is 0.127. The van der Waals surface area contributed by atoms with E-state index in [1.807, 2.05) is 24.3 Å². The van der Waals surface area contributed by atoms with E-state index < -0.39 is 0 Å². The predicted octanol–water partition coefficient (Wildman–Crippen LogP) is 3.20. The van der Waals surface area contributed by atoms with Gasteiger partial charge in [-0.3, -0.25) is 4.79 Å². The van der Waals surface area contributed by atoms with Gasteiger partial charge in [0.25, 0.3) is 11.9 Å². The normalized spacial score (nSPS) is 14.5. The standard InChI is InChI=1S/C23H20N6O4/c1-28(12-16-7-9-33-27-16)22(30)17-11-25-29(21(17)14-2-3-14)23-24-8-6-18(26-23)15-4-5-19-20(10-15)32-13-31-19/h4-11,14H,2-3,12-13H2,1H3. The summed E-state index contributed by atoms with van der Waals surface area (Å²) in [6.07, 6.45) is 6.79. The van der Waals surface area contributed by atoms with Crippen molar-refractivity contribution in [3.05, 3.63) is 65.9 Å². The minimum Gasteiger partial charge on any atom is -0.454 e. The highest BCUT2D eigenvalue weighted by atomic mass is 16.7. The van der Waals surface area contributed by atoms with Gasteiger partial charge in [-0.15, -0.1) is 0 Å². The molecule has 6 rings (SSSR count). The fourth-order valence-electron chi connectivity index (χ4n) is 3.94. The Kier molecular flexibility index (Phi) is 4.56. The summed E-state index contributed by atoms with van der Waals surface area (Å²) < 4.78 is 17.4. The molecule has 1 amide bonds. The quantitative estimate of drug-likeness (QED) is 0.446. The van der Waals surface area contributed by atoms with Gasteiger partial charge in [-0.1, -0.05) is 5.16 Å². The van der Waals surface area contributed by atoms with Crippen molar-refractivity contribution < 1.29 is 18.8 Å². The van der Waals surface area contributed by atoms with E-state index >= 15 is 0 Å². The third-order valence-corrected chi connectivity index (χ3v) is 5.74. The molecule has 1 aliphatic heterocycles. The molecule has 0 atom stereocenters. The Balaban J connectivity index is 1.33. The van der Waals surface area contributed by atoms with E-state index in [0.29, 0.717) is 35.2 Å². The smallest absolute Gasteiger partial charge is 0.257 e. The highest BCUT2D eigenvalue weighted by Gasteiger charge is 2.34. The third-order valence-electron chi connectivity index (χ3n) is 5.74. The van der Waals surface area contributed by atoms with E-state index in [9.17, 15) is 4.79 Å². The Labute approximate surface area is 188 Å². The number of fused-ring (bicyclic) bond motifs is 1. The van der Waals surface area contributed by atoms with Crippen LogP contribution in [0.4, 0.5) is 0 Å². The molecule has 0 radical (unpaired) electrons. The van der Waals surface area contributed by atoms with E-state index in [4.69, 9.17) is 19.0 Å². The molecule has 2 aliphatic rings. The average molecular weight is 444 g/mol. The molecule has 1 aliphatic carbocycles. The number of carbonyl (C=O) groups excluding carboxylic acids is 1. The lowest BCUT2D eigenvalue weighted by Crippen LogP contribution is -2.27. The van der Waals surface area contributed by atoms with Crippen molar-refractivity contribution in [1.29, 1.82) is 0 Å². The van der Waals surface area contributed by atoms with Crippen LogP contribution in [-0.2, 0) is 6.54 Å². The summed E-state index contributed by atoms with van der Waals surface area (Å²) in [5, 5.41) is 8.39. The van der Waals surface area contributed by atoms with Gasteiger partial charge in [0.05, 0.1) is 29.7 Å². The van der Waals surface area contributed by atoms with Gasteiger partial charge in [0.2, 0.25) is 6.79 Å². The highest BCUT2D eigenvalue weighted by Crippen LogP contribution is 2.42. The lowest BCUT2D eigenvalue weighted by molar-refractivity contribution is 0.0781. The van der Waals surface area contributed by atoms with Crippen molar-refractivity contribution in [2.45, 2.75) is 25.3 Å². The van der Waals surface area contributed by atoms with Crippen molar-refractivity contribution >= 4 is 5.91 Å². The number of amides is 1. The van der Waals surface area contributed by atoms with Gasteiger partial charge in [-0.2, -0.15) is 5.10 Å². The van der Waals surface area contributed by atoms with Gasteiger partial charge >= 0.3 is 0 Å². The monoisotopic (exact) mass is 444 g/mol. The van der Waals surface area contributed by atoms with E-state index in [2.05, 4.69) is 15.2 Å². The van der Waals surface area contributed by atoms with E-state index in [0.717, 1.165) is 29.8 Å². The van der Waals surface area contributed by atoms with E-state index in [1.165, 1.54) is 6.26 Å². The molecule has 0 unspecified atom stereocenters. The molecule has 0 spiro atoms. The fourth-order valence-corrected chi connectivity index (χ4v) is 3.94. The molecule has 1 aromatic carbocycles. The second-order valence-corrected chi connectivity index (χ2v) is 8.09. The van der Waals surface area contributed by atoms with Gasteiger partial charge in [-0.25, -0.2) is 14.6 Å². The molecule has 1 fully saturated rings. The molecule has 0 N–H and O–H groups in total. The summed E-state index contributed by atoms with van der Waals surface area (Å²) in [6.45, 7) is 0.564. The first kappa shape index (κ1) is 19.5. The molecule has 166 valence electrons. The fraction of sp³-hybridized carbons (Fsp3) is 0.261. The zero-order valence-corrected chi connectivity index (χ0v) is 17.8. The SMILES string of the molecule is CN(Cc1ccon1)C(=O)c1cnn(-c2nccc(-c3ccc4c(c3)OCO4)n2)c1C1CC1. The van der Waals surface area contributed by atoms with Gasteiger partial charge in [0.15, 0.2) is 11.5 Å². The molecule has 10 heteroatoms. The first-order chi connectivity index (χ1) is 16.2. The number of aromatic nitrogens is 5. The van der Waals surface area contributed by atoms with Crippen LogP contribution in [0.3, 0.4) is 0 Å². The summed E-state index contributed by atoms with van der Waals surface area (Å²) in [5.41, 5.74) is 3.69. The Morgan fingerprint density at radius 2 is 2.06 bits per heavy atom. The number of benzene rings is 1. The summed E-state index contributed by atoms with van der Waals surface area (Å²) in [6, 6.07) is 9.26. The highest BCUT2D eigenvalue weighted by molar-refractivity contribution is 5.95. The van der Waals surface area contributed by atoms with Crippen LogP contribution in [0.25, 0.3) is 17.2 Å². The van der Waals surface area contributed by atoms with Crippen molar-refractivity contribution in [2.75, 3.05) is 13.8 Å². The maximum atomic E-state index is 13.2. The lowest BCUT2D eigenvalue weighted by atomic mass is 10.1. The summed E-state index contributed by atoms with van der Waals surface area (Å²) >= 11 is 0. The van der Waals surface area contributed by atoms with Crippen LogP contribution in [0, 0.1) is 0 Å². The second kappa shape index (κ2) is 7.73. The molecule has 33 heavy (non-hydrogen) atoms. The summed E-state index contributed by atoms with van der Waals surface area (Å²) in [7, 11) is 1.74. The number of hydrogen-bond donors (Lipinski definition) is 0. The number of nitrogens with zero attached hydrogens (tertiary/aromatic N) is 6. The number of ether oxygens (including phenoxy) is 2. The van der Waals surface area contributed by atoms with Crippen molar-refractivity contribution in [3.63, 3.8) is 0 Å². The minimum atomic E-state index is -0.127. The molecule has 1 saturated carbocycles. The zero-order chi connectivity index (χ0) is 22.4. The van der Waals surface area contributed by atoms with Crippen molar-refractivity contribution in [3.8, 4) is 28.7 Å². The predicted molar refractivity (Wildman–Crippen MR) is 115 cm³/mol. The first-order valence-corrected chi connectivity index (χ1v) is 10.6. The molecule has 0 saturated heterocycles. The average Bonchev–Trinajstić information content (AvgIpc) is 3.22. The third kappa shape index (κ3) is 3.59.